The summed E-state index contributed by atoms with van der Waals surface area (Å²) in [6.07, 6.45) is 63.5. The highest BCUT2D eigenvalue weighted by Crippen LogP contribution is 2.48. The Labute approximate surface area is 736 Å². The zero-order valence-corrected chi connectivity index (χ0v) is 84.0. The molecule has 6 aliphatic rings. The molecule has 0 spiro atoms. The Hall–Kier alpha value is -7.34. The SMILES string of the molecule is CC(=O)/C=C/C1=C(C)CCCC1(C)C.CC1=C(/C=C/C(=C/C#N)C(C)(C)C)C(C)(C)CCC1.CC1=C(/C=C/C(=C/C=C/C#N)C(C)(C)C)C(C)(C)CCC1.CC1=C(/C=C/C(=C/C=C/C=O)C(C)(C)C)C(C)(C)CCC1.CC1=C(/C=C/C(=C/C=O)C(C)(C)C)C(C)(C)CCC1.CC1=C(/C=C/C(=O)C(C)(C)C)C(C)(C)CCC1.CCOP(C)(=O)CC#N. The summed E-state index contributed by atoms with van der Waals surface area (Å²) in [5.41, 5.74) is 23.5. The van der Waals surface area contributed by atoms with Crippen LogP contribution in [0.4, 0.5) is 0 Å². The van der Waals surface area contributed by atoms with Gasteiger partial charge in [0.25, 0.3) is 0 Å². The first-order chi connectivity index (χ1) is 54.9. The summed E-state index contributed by atoms with van der Waals surface area (Å²) in [7, 11) is -2.55. The lowest BCUT2D eigenvalue weighted by atomic mass is 9.72. The highest BCUT2D eigenvalue weighted by molar-refractivity contribution is 7.58. The van der Waals surface area contributed by atoms with Gasteiger partial charge in [-0.15, -0.1) is 0 Å². The minimum Gasteiger partial charge on any atom is -0.328 e. The van der Waals surface area contributed by atoms with Crippen LogP contribution >= 0.6 is 7.37 Å². The number of allylic oxidation sites excluding steroid dienone is 36. The third kappa shape index (κ3) is 41.7. The number of nitrogens with zero attached hydrogens (tertiary/aromatic N) is 3. The Morgan fingerprint density at radius 3 is 0.875 bits per heavy atom. The Kier molecular flexibility index (Phi) is 47.3. The zero-order valence-electron chi connectivity index (χ0n) is 83.1. The summed E-state index contributed by atoms with van der Waals surface area (Å²) >= 11 is 0. The van der Waals surface area contributed by atoms with Gasteiger partial charge in [0.1, 0.15) is 18.7 Å². The summed E-state index contributed by atoms with van der Waals surface area (Å²) in [6, 6.07) is 6.01. The van der Waals surface area contributed by atoms with Crippen molar-refractivity contribution in [3.63, 3.8) is 0 Å². The van der Waals surface area contributed by atoms with E-state index in [1.165, 1.54) is 212 Å². The van der Waals surface area contributed by atoms with Crippen molar-refractivity contribution < 1.29 is 28.3 Å². The molecule has 6 rings (SSSR count). The monoisotopic (exact) mass is 1660 g/mol. The summed E-state index contributed by atoms with van der Waals surface area (Å²) in [6.45, 7) is 78.3. The largest absolute Gasteiger partial charge is 0.328 e. The summed E-state index contributed by atoms with van der Waals surface area (Å²) < 4.78 is 15.8. The summed E-state index contributed by atoms with van der Waals surface area (Å²) in [5, 5.41) is 25.7. The van der Waals surface area contributed by atoms with Crippen molar-refractivity contribution >= 4 is 31.5 Å². The number of hydrogen-bond donors (Lipinski definition) is 0. The van der Waals surface area contributed by atoms with E-state index in [-0.39, 0.29) is 77.3 Å². The maximum absolute atomic E-state index is 11.9. The molecule has 0 saturated heterocycles. The molecule has 9 nitrogen and oxygen atoms in total. The molecule has 0 N–H and O–H groups in total. The van der Waals surface area contributed by atoms with Gasteiger partial charge in [0.15, 0.2) is 11.6 Å². The Morgan fingerprint density at radius 2 is 0.650 bits per heavy atom. The smallest absolute Gasteiger partial charge is 0.213 e. The van der Waals surface area contributed by atoms with Crippen molar-refractivity contribution in [1.82, 2.24) is 0 Å². The number of carbonyl (C=O) groups excluding carboxylic acids is 4. The maximum atomic E-state index is 11.9. The fraction of sp³-hybridized carbons (Fsp3) is 0.609. The van der Waals surface area contributed by atoms with E-state index in [9.17, 15) is 23.7 Å². The van der Waals surface area contributed by atoms with E-state index in [4.69, 9.17) is 20.3 Å². The number of nitriles is 3. The van der Waals surface area contributed by atoms with Crippen LogP contribution in [0.15, 0.2) is 211 Å². The molecule has 0 bridgehead atoms. The lowest BCUT2D eigenvalue weighted by Gasteiger charge is -2.33. The molecule has 0 heterocycles. The average molecular weight is 1660 g/mol. The van der Waals surface area contributed by atoms with Crippen LogP contribution in [0.25, 0.3) is 0 Å². The minimum absolute atomic E-state index is 0.00465. The maximum Gasteiger partial charge on any atom is 0.213 e. The first-order valence-electron chi connectivity index (χ1n) is 44.7. The molecule has 666 valence electrons. The second-order valence-electron chi connectivity index (χ2n) is 43.3. The molecule has 1 atom stereocenters. The van der Waals surface area contributed by atoms with E-state index in [2.05, 4.69) is 268 Å². The van der Waals surface area contributed by atoms with E-state index in [0.29, 0.717) is 6.61 Å². The number of ketones is 2. The van der Waals surface area contributed by atoms with E-state index < -0.39 is 7.37 Å². The van der Waals surface area contributed by atoms with Crippen molar-refractivity contribution in [2.45, 2.75) is 358 Å². The molecule has 1 unspecified atom stereocenters. The Morgan fingerprint density at radius 1 is 0.383 bits per heavy atom. The number of rotatable bonds is 19. The standard InChI is InChI=1S/C20H29N.C20H30O.C18H27N.C18H28O.C16H26O.C13H20O.C5H10NO2P/c2*1-16-10-9-14-20(5,6)18(16)13-12-17(19(2,3)4)11-7-8-15-21;2*1-14-8-7-12-18(5,6)16(14)10-9-15(11-13-19)17(2,3)4;1-12-8-7-11-16(5,6)13(12)9-10-14(17)15(2,3)4;1-10-6-5-9-13(3,4)12(10)8-7-11(2)14;1-3-8-9(2,7)5-4-6/h7-8,11-13H,9-10,14H2,1-6H3;7-8,11-13,15H,9-10,14H2,1-6H3;9-11H,7-8,12H2,1-6H3;9-11,13H,7-8,12H2,1-6H3;9-10H,7-8,11H2,1-6H3;7-8H,5-6,9H2,1-4H3;3,5H2,1-2H3/b2*8-7+,13-12+,17-11-;2*10-9+,15-11-;10-9+;8-7+;. The lowest BCUT2D eigenvalue weighted by Crippen LogP contribution is -2.21. The summed E-state index contributed by atoms with van der Waals surface area (Å²) in [4.78, 5) is 44.0. The number of hydrogen-bond acceptors (Lipinski definition) is 9. The van der Waals surface area contributed by atoms with E-state index in [1.807, 2.05) is 57.2 Å². The van der Waals surface area contributed by atoms with Crippen LogP contribution in [0.1, 0.15) is 358 Å². The third-order valence-corrected chi connectivity index (χ3v) is 25.7. The molecular weight excluding hydrogens is 1490 g/mol. The summed E-state index contributed by atoms with van der Waals surface area (Å²) in [5.74, 6) is 0.339. The molecule has 0 saturated carbocycles. The number of aldehydes is 2. The fourth-order valence-corrected chi connectivity index (χ4v) is 17.4. The van der Waals surface area contributed by atoms with Crippen molar-refractivity contribution in [3.8, 4) is 18.2 Å². The molecule has 6 aliphatic carbocycles. The first-order valence-corrected chi connectivity index (χ1v) is 47.0. The van der Waals surface area contributed by atoms with Crippen molar-refractivity contribution in [3.05, 3.63) is 211 Å². The molecule has 0 radical (unpaired) electrons. The lowest BCUT2D eigenvalue weighted by molar-refractivity contribution is -0.121. The van der Waals surface area contributed by atoms with Gasteiger partial charge in [-0.1, -0.05) is 305 Å². The van der Waals surface area contributed by atoms with Crippen molar-refractivity contribution in [2.24, 2.45) is 59.6 Å². The van der Waals surface area contributed by atoms with Crippen LogP contribution in [0, 0.1) is 93.6 Å². The van der Waals surface area contributed by atoms with E-state index >= 15 is 0 Å². The second kappa shape index (κ2) is 50.4. The van der Waals surface area contributed by atoms with Crippen LogP contribution in [0.3, 0.4) is 0 Å². The minimum atomic E-state index is -2.55. The quantitative estimate of drug-likeness (QED) is 0.0402. The van der Waals surface area contributed by atoms with Crippen LogP contribution in [0.5, 0.6) is 0 Å². The van der Waals surface area contributed by atoms with Gasteiger partial charge in [-0.2, -0.15) is 15.8 Å². The van der Waals surface area contributed by atoms with Gasteiger partial charge < -0.3 is 4.52 Å². The van der Waals surface area contributed by atoms with Gasteiger partial charge >= 0.3 is 0 Å². The molecule has 0 aromatic heterocycles. The average Bonchev–Trinajstić information content (AvgIpc) is 0.848. The third-order valence-electron chi connectivity index (χ3n) is 24.2. The van der Waals surface area contributed by atoms with Crippen LogP contribution in [-0.2, 0) is 28.3 Å². The Balaban J connectivity index is 0.00000139. The van der Waals surface area contributed by atoms with Gasteiger partial charge in [0.2, 0.25) is 7.37 Å². The van der Waals surface area contributed by atoms with Gasteiger partial charge in [0, 0.05) is 24.2 Å². The number of carbonyl (C=O) groups is 4. The molecule has 0 aromatic carbocycles. The van der Waals surface area contributed by atoms with Crippen LogP contribution < -0.4 is 0 Å². The van der Waals surface area contributed by atoms with Crippen LogP contribution in [-0.4, -0.2) is 43.6 Å². The van der Waals surface area contributed by atoms with Crippen molar-refractivity contribution in [2.75, 3.05) is 19.4 Å². The van der Waals surface area contributed by atoms with Gasteiger partial charge in [-0.25, -0.2) is 0 Å². The highest BCUT2D eigenvalue weighted by Gasteiger charge is 2.33. The second-order valence-corrected chi connectivity index (χ2v) is 45.9. The zero-order chi connectivity index (χ0) is 92.9. The molecule has 0 amide bonds. The molecule has 0 fully saturated rings. The molecule has 10 heteroatoms. The van der Waals surface area contributed by atoms with Gasteiger partial charge in [0.05, 0.1) is 24.8 Å². The van der Waals surface area contributed by atoms with Crippen LogP contribution in [0.2, 0.25) is 0 Å². The molecule has 0 aliphatic heterocycles. The van der Waals surface area contributed by atoms with Gasteiger partial charge in [-0.05, 0) is 305 Å². The normalized spacial score (nSPS) is 20.5. The molecular formula is C110H170N3O6P. The molecule has 0 aromatic rings. The predicted octanol–water partition coefficient (Wildman–Crippen LogP) is 32.5. The predicted molar refractivity (Wildman–Crippen MR) is 519 cm³/mol. The van der Waals surface area contributed by atoms with E-state index in [1.54, 1.807) is 44.2 Å². The van der Waals surface area contributed by atoms with Gasteiger partial charge in [-0.3, -0.25) is 23.7 Å². The first kappa shape index (κ1) is 113. The topological polar surface area (TPSA) is 166 Å². The molecule has 120 heavy (non-hydrogen) atoms. The van der Waals surface area contributed by atoms with Crippen molar-refractivity contribution in [1.29, 1.82) is 15.8 Å². The fourth-order valence-electron chi connectivity index (χ4n) is 16.5. The highest BCUT2D eigenvalue weighted by atomic mass is 31.2. The van der Waals surface area contributed by atoms with E-state index in [0.717, 1.165) is 23.7 Å². The Bertz CT molecular complexity index is 4220.